The highest BCUT2D eigenvalue weighted by atomic mass is 35.5. The van der Waals surface area contributed by atoms with Crippen LogP contribution in [0.25, 0.3) is 16.8 Å². The average Bonchev–Trinajstić information content (AvgIpc) is 3.22. The molecule has 0 aliphatic rings. The van der Waals surface area contributed by atoms with Crippen LogP contribution in [0.5, 0.6) is 5.75 Å². The van der Waals surface area contributed by atoms with Gasteiger partial charge in [0.15, 0.2) is 5.69 Å². The number of rotatable bonds is 5. The molecule has 0 radical (unpaired) electrons. The maximum absolute atomic E-state index is 13.0. The SMILES string of the molecule is COc1cn(C(C)C(=O)OC(C)(C)C)c(=O)cc1-c1cc(Cl)ccc1-n1cc(C(F)(F)F)nn1. The van der Waals surface area contributed by atoms with Crippen LogP contribution >= 0.6 is 11.6 Å². The highest BCUT2D eigenvalue weighted by molar-refractivity contribution is 6.31. The molecule has 0 saturated heterocycles. The van der Waals surface area contributed by atoms with Crippen LogP contribution in [-0.2, 0) is 15.7 Å². The Morgan fingerprint density at radius 3 is 2.35 bits per heavy atom. The van der Waals surface area contributed by atoms with Gasteiger partial charge in [-0.1, -0.05) is 16.8 Å². The second-order valence-electron chi connectivity index (χ2n) is 8.42. The van der Waals surface area contributed by atoms with E-state index in [0.29, 0.717) is 0 Å². The Hall–Kier alpha value is -3.34. The zero-order chi connectivity index (χ0) is 25.4. The molecule has 1 aromatic carbocycles. The van der Waals surface area contributed by atoms with Crippen molar-refractivity contribution in [3.63, 3.8) is 0 Å². The van der Waals surface area contributed by atoms with E-state index in [2.05, 4.69) is 10.3 Å². The zero-order valence-corrected chi connectivity index (χ0v) is 19.7. The van der Waals surface area contributed by atoms with Gasteiger partial charge in [-0.3, -0.25) is 9.36 Å². The highest BCUT2D eigenvalue weighted by Gasteiger charge is 2.35. The van der Waals surface area contributed by atoms with Gasteiger partial charge in [-0.2, -0.15) is 13.2 Å². The van der Waals surface area contributed by atoms with Crippen molar-refractivity contribution in [2.45, 2.75) is 45.5 Å². The summed E-state index contributed by atoms with van der Waals surface area (Å²) < 4.78 is 51.9. The minimum Gasteiger partial charge on any atom is -0.495 e. The van der Waals surface area contributed by atoms with Crippen molar-refractivity contribution in [2.75, 3.05) is 7.11 Å². The van der Waals surface area contributed by atoms with E-state index < -0.39 is 35.0 Å². The van der Waals surface area contributed by atoms with Gasteiger partial charge < -0.3 is 9.47 Å². The summed E-state index contributed by atoms with van der Waals surface area (Å²) in [5.74, 6) is -0.440. The third-order valence-corrected chi connectivity index (χ3v) is 4.94. The largest absolute Gasteiger partial charge is 0.495 e. The summed E-state index contributed by atoms with van der Waals surface area (Å²) in [6, 6.07) is 4.62. The number of halogens is 4. The second-order valence-corrected chi connectivity index (χ2v) is 8.85. The summed E-state index contributed by atoms with van der Waals surface area (Å²) >= 11 is 6.14. The van der Waals surface area contributed by atoms with Gasteiger partial charge in [0, 0.05) is 22.2 Å². The maximum atomic E-state index is 13.0. The number of pyridine rings is 1. The highest BCUT2D eigenvalue weighted by Crippen LogP contribution is 2.36. The van der Waals surface area contributed by atoms with Gasteiger partial charge in [-0.05, 0) is 45.9 Å². The third-order valence-electron chi connectivity index (χ3n) is 4.71. The molecule has 0 spiro atoms. The van der Waals surface area contributed by atoms with Gasteiger partial charge in [0.05, 0.1) is 25.2 Å². The van der Waals surface area contributed by atoms with Crippen molar-refractivity contribution >= 4 is 17.6 Å². The van der Waals surface area contributed by atoms with Crippen LogP contribution in [0.15, 0.2) is 41.5 Å². The van der Waals surface area contributed by atoms with E-state index in [4.69, 9.17) is 21.1 Å². The number of carbonyl (C=O) groups is 1. The normalized spacial score (nSPS) is 13.0. The Morgan fingerprint density at radius 2 is 1.79 bits per heavy atom. The molecule has 182 valence electrons. The third kappa shape index (κ3) is 5.41. The number of methoxy groups -OCH3 is 1. The summed E-state index contributed by atoms with van der Waals surface area (Å²) in [6.07, 6.45) is -2.62. The van der Waals surface area contributed by atoms with Crippen LogP contribution in [0, 0.1) is 0 Å². The Kier molecular flexibility index (Phi) is 6.79. The van der Waals surface area contributed by atoms with Crippen molar-refractivity contribution in [3.8, 4) is 22.6 Å². The number of nitrogens with zero attached hydrogens (tertiary/aromatic N) is 4. The predicted molar refractivity (Wildman–Crippen MR) is 118 cm³/mol. The van der Waals surface area contributed by atoms with E-state index in [1.165, 1.54) is 44.5 Å². The molecule has 0 fully saturated rings. The first kappa shape index (κ1) is 25.3. The predicted octanol–water partition coefficient (Wildman–Crippen LogP) is 4.68. The van der Waals surface area contributed by atoms with E-state index in [-0.39, 0.29) is 27.6 Å². The van der Waals surface area contributed by atoms with E-state index >= 15 is 0 Å². The van der Waals surface area contributed by atoms with Crippen LogP contribution in [0.1, 0.15) is 39.4 Å². The topological polar surface area (TPSA) is 88.2 Å². The molecular formula is C22H22ClF3N4O4. The monoisotopic (exact) mass is 498 g/mol. The molecule has 12 heteroatoms. The van der Waals surface area contributed by atoms with Gasteiger partial charge in [0.1, 0.15) is 17.4 Å². The fourth-order valence-electron chi connectivity index (χ4n) is 3.14. The molecule has 0 bridgehead atoms. The first-order valence-electron chi connectivity index (χ1n) is 10.0. The van der Waals surface area contributed by atoms with Crippen molar-refractivity contribution < 1.29 is 27.4 Å². The Balaban J connectivity index is 2.13. The molecule has 3 rings (SSSR count). The second kappa shape index (κ2) is 9.13. The average molecular weight is 499 g/mol. The van der Waals surface area contributed by atoms with Crippen LogP contribution in [0.3, 0.4) is 0 Å². The lowest BCUT2D eigenvalue weighted by Crippen LogP contribution is -2.33. The molecule has 1 atom stereocenters. The minimum atomic E-state index is -4.68. The quantitative estimate of drug-likeness (QED) is 0.475. The number of carbonyl (C=O) groups excluding carboxylic acids is 1. The number of esters is 1. The molecule has 0 aliphatic carbocycles. The van der Waals surface area contributed by atoms with Gasteiger partial charge in [-0.25, -0.2) is 9.48 Å². The van der Waals surface area contributed by atoms with E-state index in [0.717, 1.165) is 15.4 Å². The molecule has 0 N–H and O–H groups in total. The lowest BCUT2D eigenvalue weighted by molar-refractivity contribution is -0.158. The molecule has 3 aromatic rings. The van der Waals surface area contributed by atoms with Crippen LogP contribution in [-0.4, -0.2) is 38.2 Å². The van der Waals surface area contributed by atoms with Crippen molar-refractivity contribution in [2.24, 2.45) is 0 Å². The van der Waals surface area contributed by atoms with Gasteiger partial charge >= 0.3 is 12.1 Å². The fourth-order valence-corrected chi connectivity index (χ4v) is 3.31. The summed E-state index contributed by atoms with van der Waals surface area (Å²) in [4.78, 5) is 25.4. The van der Waals surface area contributed by atoms with Gasteiger partial charge in [-0.15, -0.1) is 5.10 Å². The Morgan fingerprint density at radius 1 is 1.12 bits per heavy atom. The van der Waals surface area contributed by atoms with E-state index in [9.17, 15) is 22.8 Å². The van der Waals surface area contributed by atoms with Gasteiger partial charge in [0.25, 0.3) is 5.56 Å². The molecule has 2 heterocycles. The molecule has 0 aliphatic heterocycles. The van der Waals surface area contributed by atoms with Crippen LogP contribution in [0.2, 0.25) is 5.02 Å². The summed E-state index contributed by atoms with van der Waals surface area (Å²) in [5.41, 5.74) is -1.79. The lowest BCUT2D eigenvalue weighted by Gasteiger charge is -2.24. The molecule has 1 unspecified atom stereocenters. The van der Waals surface area contributed by atoms with Crippen molar-refractivity contribution in [1.82, 2.24) is 19.6 Å². The smallest absolute Gasteiger partial charge is 0.436 e. The lowest BCUT2D eigenvalue weighted by atomic mass is 10.0. The maximum Gasteiger partial charge on any atom is 0.436 e. The Bertz CT molecular complexity index is 1280. The first-order chi connectivity index (χ1) is 15.7. The van der Waals surface area contributed by atoms with E-state index in [1.807, 2.05) is 0 Å². The van der Waals surface area contributed by atoms with Gasteiger partial charge in [0.2, 0.25) is 0 Å². The number of benzene rings is 1. The summed E-state index contributed by atoms with van der Waals surface area (Å²) in [5, 5.41) is 7.01. The van der Waals surface area contributed by atoms with Crippen LogP contribution in [0.4, 0.5) is 13.2 Å². The Labute approximate surface area is 197 Å². The first-order valence-corrected chi connectivity index (χ1v) is 10.4. The van der Waals surface area contributed by atoms with Crippen LogP contribution < -0.4 is 10.3 Å². The summed E-state index contributed by atoms with van der Waals surface area (Å²) in [7, 11) is 1.35. The molecular weight excluding hydrogens is 477 g/mol. The number of hydrogen-bond donors (Lipinski definition) is 0. The zero-order valence-electron chi connectivity index (χ0n) is 19.0. The van der Waals surface area contributed by atoms with Crippen molar-refractivity contribution in [3.05, 3.63) is 57.7 Å². The number of alkyl halides is 3. The standard InChI is InChI=1S/C22H22ClF3N4O4/c1-12(20(32)34-21(2,3)4)29-10-17(33-5)15(9-19(29)31)14-8-13(23)6-7-16(14)30-11-18(27-28-30)22(24,25)26/h6-12H,1-5H3. The number of ether oxygens (including phenoxy) is 2. The number of aromatic nitrogens is 4. The minimum absolute atomic E-state index is 0.176. The molecule has 34 heavy (non-hydrogen) atoms. The molecule has 0 amide bonds. The van der Waals surface area contributed by atoms with Crippen molar-refractivity contribution in [1.29, 1.82) is 0 Å². The molecule has 8 nitrogen and oxygen atoms in total. The fraction of sp³-hybridized carbons (Fsp3) is 0.364. The number of hydrogen-bond acceptors (Lipinski definition) is 6. The molecule has 2 aromatic heterocycles. The van der Waals surface area contributed by atoms with E-state index in [1.54, 1.807) is 20.8 Å². The summed E-state index contributed by atoms with van der Waals surface area (Å²) in [6.45, 7) is 6.63. The molecule has 0 saturated carbocycles.